The van der Waals surface area contributed by atoms with Gasteiger partial charge < -0.3 is 5.11 Å². The maximum absolute atomic E-state index is 10.5. The van der Waals surface area contributed by atoms with Gasteiger partial charge in [0.1, 0.15) is 5.38 Å². The first-order chi connectivity index (χ1) is 10.2. The van der Waals surface area contributed by atoms with Gasteiger partial charge in [0.15, 0.2) is 0 Å². The van der Waals surface area contributed by atoms with Gasteiger partial charge in [-0.15, -0.1) is 11.6 Å². The van der Waals surface area contributed by atoms with Crippen molar-refractivity contribution < 1.29 is 32.3 Å². The van der Waals surface area contributed by atoms with Crippen LogP contribution in [0, 0.1) is 0 Å². The van der Waals surface area contributed by atoms with Crippen LogP contribution in [0.1, 0.15) is 103 Å². The molecule has 0 saturated heterocycles. The second-order valence-corrected chi connectivity index (χ2v) is 6.72. The molecule has 1 N–H and O–H groups in total. The summed E-state index contributed by atoms with van der Waals surface area (Å²) in [7, 11) is 0. The Kier molecular flexibility index (Phi) is 22.0. The van der Waals surface area contributed by atoms with Crippen molar-refractivity contribution >= 4 is 17.6 Å². The zero-order valence-corrected chi connectivity index (χ0v) is 16.5. The van der Waals surface area contributed by atoms with E-state index in [2.05, 4.69) is 6.92 Å². The quantitative estimate of drug-likeness (QED) is 0.173. The minimum absolute atomic E-state index is 0. The SMILES string of the molecule is CCCCCCCCCCCCCCCCC(Cl)C(=O)O.[Ag]. The van der Waals surface area contributed by atoms with Crippen LogP contribution in [0.15, 0.2) is 0 Å². The third kappa shape index (κ3) is 18.5. The van der Waals surface area contributed by atoms with E-state index >= 15 is 0 Å². The Hall–Kier alpha value is 0.500. The Labute approximate surface area is 158 Å². The summed E-state index contributed by atoms with van der Waals surface area (Å²) in [5, 5.41) is 7.96. The molecule has 0 aromatic carbocycles. The number of halogens is 1. The summed E-state index contributed by atoms with van der Waals surface area (Å²) in [6, 6.07) is 0. The van der Waals surface area contributed by atoms with Crippen LogP contribution in [0.2, 0.25) is 0 Å². The van der Waals surface area contributed by atoms with Crippen LogP contribution in [0.3, 0.4) is 0 Å². The first kappa shape index (κ1) is 24.7. The maximum Gasteiger partial charge on any atom is 0.321 e. The van der Waals surface area contributed by atoms with Crippen molar-refractivity contribution in [3.8, 4) is 0 Å². The molecule has 2 nitrogen and oxygen atoms in total. The molecule has 0 saturated carbocycles. The normalized spacial score (nSPS) is 11.9. The Morgan fingerprint density at radius 2 is 1.09 bits per heavy atom. The molecule has 0 aromatic heterocycles. The zero-order valence-electron chi connectivity index (χ0n) is 14.2. The van der Waals surface area contributed by atoms with Crippen molar-refractivity contribution in [3.63, 3.8) is 0 Å². The molecule has 1 radical (unpaired) electrons. The summed E-state index contributed by atoms with van der Waals surface area (Å²) in [5.74, 6) is -0.883. The zero-order chi connectivity index (χ0) is 15.8. The number of aliphatic carboxylic acids is 1. The number of unbranched alkanes of at least 4 members (excludes halogenated alkanes) is 13. The predicted molar refractivity (Wildman–Crippen MR) is 92.2 cm³/mol. The van der Waals surface area contributed by atoms with Gasteiger partial charge in [0.25, 0.3) is 0 Å². The molecule has 22 heavy (non-hydrogen) atoms. The van der Waals surface area contributed by atoms with Crippen LogP contribution in [-0.4, -0.2) is 16.5 Å². The van der Waals surface area contributed by atoms with Crippen molar-refractivity contribution in [2.45, 2.75) is 109 Å². The fourth-order valence-electron chi connectivity index (χ4n) is 2.64. The Balaban J connectivity index is 0. The van der Waals surface area contributed by atoms with Gasteiger partial charge in [-0.3, -0.25) is 4.79 Å². The van der Waals surface area contributed by atoms with E-state index in [9.17, 15) is 4.79 Å². The molecule has 0 aliphatic heterocycles. The van der Waals surface area contributed by atoms with Crippen molar-refractivity contribution in [2.24, 2.45) is 0 Å². The number of carboxylic acids is 1. The molecular weight excluding hydrogens is 392 g/mol. The van der Waals surface area contributed by atoms with Crippen molar-refractivity contribution in [2.75, 3.05) is 0 Å². The number of rotatable bonds is 16. The van der Waals surface area contributed by atoms with Crippen molar-refractivity contribution in [3.05, 3.63) is 0 Å². The van der Waals surface area contributed by atoms with E-state index in [0.29, 0.717) is 6.42 Å². The van der Waals surface area contributed by atoms with Crippen molar-refractivity contribution in [1.29, 1.82) is 0 Å². The topological polar surface area (TPSA) is 37.3 Å². The van der Waals surface area contributed by atoms with Crippen LogP contribution in [0.4, 0.5) is 0 Å². The van der Waals surface area contributed by atoms with Crippen LogP contribution in [0.5, 0.6) is 0 Å². The molecule has 0 amide bonds. The predicted octanol–water partition coefficient (Wildman–Crippen LogP) is 6.55. The van der Waals surface area contributed by atoms with Gasteiger partial charge in [0.2, 0.25) is 0 Å². The Morgan fingerprint density at radius 1 is 0.773 bits per heavy atom. The largest absolute Gasteiger partial charge is 0.480 e. The van der Waals surface area contributed by atoms with Gasteiger partial charge in [-0.1, -0.05) is 96.8 Å². The molecule has 0 aliphatic rings. The molecule has 0 aliphatic carbocycles. The van der Waals surface area contributed by atoms with Crippen LogP contribution < -0.4 is 0 Å². The van der Waals surface area contributed by atoms with Gasteiger partial charge in [0, 0.05) is 22.4 Å². The maximum atomic E-state index is 10.5. The van der Waals surface area contributed by atoms with E-state index in [1.807, 2.05) is 0 Å². The molecular formula is C18H35AgClO2. The number of alkyl halides is 1. The van der Waals surface area contributed by atoms with Gasteiger partial charge in [-0.05, 0) is 6.42 Å². The molecule has 1 atom stereocenters. The summed E-state index contributed by atoms with van der Waals surface area (Å²) in [6.07, 6.45) is 19.1. The molecule has 0 heterocycles. The summed E-state index contributed by atoms with van der Waals surface area (Å²) in [5.41, 5.74) is 0. The number of hydrogen-bond donors (Lipinski definition) is 1. The smallest absolute Gasteiger partial charge is 0.321 e. The van der Waals surface area contributed by atoms with E-state index in [1.165, 1.54) is 77.0 Å². The molecule has 1 unspecified atom stereocenters. The van der Waals surface area contributed by atoms with Crippen LogP contribution >= 0.6 is 11.6 Å². The Morgan fingerprint density at radius 3 is 1.41 bits per heavy atom. The standard InChI is InChI=1S/C18H35ClO2.Ag/c1-2-3-4-5-6-7-8-9-10-11-12-13-14-15-16-17(19)18(20)21;/h17H,2-16H2,1H3,(H,20,21);. The average Bonchev–Trinajstić information content (AvgIpc) is 2.47. The van der Waals surface area contributed by atoms with Gasteiger partial charge in [-0.2, -0.15) is 0 Å². The summed E-state index contributed by atoms with van der Waals surface area (Å²) in [6.45, 7) is 2.26. The molecule has 0 bridgehead atoms. The molecule has 0 rings (SSSR count). The molecule has 137 valence electrons. The Bertz CT molecular complexity index is 237. The minimum atomic E-state index is -0.883. The van der Waals surface area contributed by atoms with E-state index in [1.54, 1.807) is 0 Å². The monoisotopic (exact) mass is 425 g/mol. The third-order valence-corrected chi connectivity index (χ3v) is 4.48. The number of carboxylic acid groups (broad SMARTS) is 1. The first-order valence-electron chi connectivity index (χ1n) is 9.05. The number of hydrogen-bond acceptors (Lipinski definition) is 1. The van der Waals surface area contributed by atoms with Gasteiger partial charge in [-0.25, -0.2) is 0 Å². The second-order valence-electron chi connectivity index (χ2n) is 6.19. The summed E-state index contributed by atoms with van der Waals surface area (Å²) < 4.78 is 0. The fourth-order valence-corrected chi connectivity index (χ4v) is 2.80. The number of carbonyl (C=O) groups is 1. The van der Waals surface area contributed by atoms with Crippen LogP contribution in [0.25, 0.3) is 0 Å². The molecule has 0 aromatic rings. The molecule has 0 fully saturated rings. The summed E-state index contributed by atoms with van der Waals surface area (Å²) >= 11 is 5.67. The van der Waals surface area contributed by atoms with E-state index in [4.69, 9.17) is 16.7 Å². The van der Waals surface area contributed by atoms with E-state index < -0.39 is 11.3 Å². The minimum Gasteiger partial charge on any atom is -0.480 e. The third-order valence-electron chi connectivity index (χ3n) is 4.08. The van der Waals surface area contributed by atoms with Crippen LogP contribution in [-0.2, 0) is 27.2 Å². The molecule has 0 spiro atoms. The molecule has 4 heteroatoms. The van der Waals surface area contributed by atoms with Gasteiger partial charge >= 0.3 is 5.97 Å². The fraction of sp³-hybridized carbons (Fsp3) is 0.944. The average molecular weight is 427 g/mol. The van der Waals surface area contributed by atoms with E-state index in [-0.39, 0.29) is 22.4 Å². The van der Waals surface area contributed by atoms with Gasteiger partial charge in [0.05, 0.1) is 0 Å². The first-order valence-corrected chi connectivity index (χ1v) is 9.49. The van der Waals surface area contributed by atoms with Crippen molar-refractivity contribution in [1.82, 2.24) is 0 Å². The summed E-state index contributed by atoms with van der Waals surface area (Å²) in [4.78, 5) is 10.5. The van der Waals surface area contributed by atoms with E-state index in [0.717, 1.165) is 12.8 Å². The second kappa shape index (κ2) is 19.5.